The molecule has 2 saturated heterocycles. The summed E-state index contributed by atoms with van der Waals surface area (Å²) in [6.45, 7) is 3.13. The first-order chi connectivity index (χ1) is 8.38. The number of fused-ring (bicyclic) bond motifs is 1. The fraction of sp³-hybridized carbons (Fsp3) is 0.692. The van der Waals surface area contributed by atoms with Gasteiger partial charge < -0.3 is 14.5 Å². The summed E-state index contributed by atoms with van der Waals surface area (Å²) in [7, 11) is 1.98. The zero-order valence-corrected chi connectivity index (χ0v) is 10.3. The highest BCUT2D eigenvalue weighted by atomic mass is 16.5. The van der Waals surface area contributed by atoms with Crippen molar-refractivity contribution in [3.8, 4) is 0 Å². The Morgan fingerprint density at radius 2 is 2.47 bits per heavy atom. The van der Waals surface area contributed by atoms with Crippen LogP contribution < -0.4 is 5.32 Å². The van der Waals surface area contributed by atoms with Crippen LogP contribution in [0.3, 0.4) is 0 Å². The molecule has 1 aromatic heterocycles. The van der Waals surface area contributed by atoms with Gasteiger partial charge in [-0.05, 0) is 32.5 Å². The number of nitrogens with zero attached hydrogens (tertiary/aromatic N) is 1. The van der Waals surface area contributed by atoms with Gasteiger partial charge in [0.1, 0.15) is 0 Å². The molecule has 3 atom stereocenters. The van der Waals surface area contributed by atoms with Crippen LogP contribution in [-0.4, -0.2) is 43.8 Å². The number of nitrogens with one attached hydrogen (secondary N) is 1. The topological polar surface area (TPSA) is 37.6 Å². The molecule has 3 unspecified atom stereocenters. The van der Waals surface area contributed by atoms with Gasteiger partial charge in [0.05, 0.1) is 31.3 Å². The van der Waals surface area contributed by atoms with Gasteiger partial charge in [0.25, 0.3) is 0 Å². The van der Waals surface area contributed by atoms with Crippen LogP contribution >= 0.6 is 0 Å². The van der Waals surface area contributed by atoms with Gasteiger partial charge in [-0.15, -0.1) is 0 Å². The number of hydrogen-bond donors (Lipinski definition) is 1. The summed E-state index contributed by atoms with van der Waals surface area (Å²) in [5.74, 6) is 0. The molecule has 2 aliphatic heterocycles. The Morgan fingerprint density at radius 1 is 1.53 bits per heavy atom. The summed E-state index contributed by atoms with van der Waals surface area (Å²) in [4.78, 5) is 2.57. The van der Waals surface area contributed by atoms with Gasteiger partial charge in [-0.2, -0.15) is 0 Å². The number of furan rings is 1. The van der Waals surface area contributed by atoms with Gasteiger partial charge in [-0.3, -0.25) is 4.90 Å². The summed E-state index contributed by atoms with van der Waals surface area (Å²) in [5, 5.41) is 3.34. The second-order valence-corrected chi connectivity index (χ2v) is 4.99. The summed E-state index contributed by atoms with van der Waals surface area (Å²) in [6.07, 6.45) is 6.37. The Hall–Kier alpha value is -0.840. The minimum absolute atomic E-state index is 0.229. The van der Waals surface area contributed by atoms with Crippen molar-refractivity contribution in [2.24, 2.45) is 0 Å². The fourth-order valence-electron chi connectivity index (χ4n) is 3.06. The Morgan fingerprint density at radius 3 is 3.24 bits per heavy atom. The molecule has 1 N–H and O–H groups in total. The van der Waals surface area contributed by atoms with Gasteiger partial charge >= 0.3 is 0 Å². The lowest BCUT2D eigenvalue weighted by Gasteiger charge is -2.38. The quantitative estimate of drug-likeness (QED) is 0.861. The molecule has 2 fully saturated rings. The average Bonchev–Trinajstić information content (AvgIpc) is 2.99. The van der Waals surface area contributed by atoms with Crippen LogP contribution in [0.1, 0.15) is 24.4 Å². The van der Waals surface area contributed by atoms with E-state index in [9.17, 15) is 0 Å². The molecular weight excluding hydrogens is 216 g/mol. The maximum absolute atomic E-state index is 6.02. The second-order valence-electron chi connectivity index (χ2n) is 4.99. The molecule has 0 radical (unpaired) electrons. The van der Waals surface area contributed by atoms with E-state index in [4.69, 9.17) is 9.15 Å². The first-order valence-electron chi connectivity index (χ1n) is 6.43. The highest BCUT2D eigenvalue weighted by Gasteiger charge is 2.36. The highest BCUT2D eigenvalue weighted by Crippen LogP contribution is 2.28. The third kappa shape index (κ3) is 2.12. The molecule has 4 heteroatoms. The van der Waals surface area contributed by atoms with Crippen molar-refractivity contribution in [2.75, 3.05) is 26.7 Å². The van der Waals surface area contributed by atoms with E-state index in [1.165, 1.54) is 24.9 Å². The zero-order valence-electron chi connectivity index (χ0n) is 10.3. The van der Waals surface area contributed by atoms with E-state index in [1.807, 2.05) is 13.1 Å². The van der Waals surface area contributed by atoms with Crippen LogP contribution in [-0.2, 0) is 4.74 Å². The van der Waals surface area contributed by atoms with Crippen LogP contribution in [0.25, 0.3) is 0 Å². The zero-order chi connectivity index (χ0) is 11.7. The Balaban J connectivity index is 1.71. The third-order valence-electron chi connectivity index (χ3n) is 4.00. The Kier molecular flexibility index (Phi) is 3.18. The molecular formula is C13H20N2O2. The van der Waals surface area contributed by atoms with Crippen molar-refractivity contribution in [1.29, 1.82) is 0 Å². The third-order valence-corrected chi connectivity index (χ3v) is 4.00. The molecule has 0 aromatic carbocycles. The summed E-state index contributed by atoms with van der Waals surface area (Å²) < 4.78 is 11.2. The maximum Gasteiger partial charge on any atom is 0.0951 e. The number of hydrogen-bond acceptors (Lipinski definition) is 4. The minimum Gasteiger partial charge on any atom is -0.472 e. The lowest BCUT2D eigenvalue weighted by atomic mass is 10.0. The highest BCUT2D eigenvalue weighted by molar-refractivity contribution is 5.14. The maximum atomic E-state index is 6.02. The fourth-order valence-corrected chi connectivity index (χ4v) is 3.06. The molecule has 2 aliphatic rings. The first kappa shape index (κ1) is 11.3. The predicted molar refractivity (Wildman–Crippen MR) is 64.8 cm³/mol. The van der Waals surface area contributed by atoms with Crippen molar-refractivity contribution in [3.05, 3.63) is 24.2 Å². The van der Waals surface area contributed by atoms with Gasteiger partial charge in [-0.1, -0.05) is 0 Å². The predicted octanol–water partition coefficient (Wildman–Crippen LogP) is 1.40. The molecule has 0 spiro atoms. The first-order valence-corrected chi connectivity index (χ1v) is 6.43. The van der Waals surface area contributed by atoms with Crippen molar-refractivity contribution in [3.63, 3.8) is 0 Å². The number of likely N-dealkylation sites (N-methyl/N-ethyl adjacent to an activating group) is 1. The van der Waals surface area contributed by atoms with Crippen LogP contribution in [0.4, 0.5) is 0 Å². The van der Waals surface area contributed by atoms with Crippen molar-refractivity contribution in [1.82, 2.24) is 10.2 Å². The van der Waals surface area contributed by atoms with Gasteiger partial charge in [-0.25, -0.2) is 0 Å². The lowest BCUT2D eigenvalue weighted by molar-refractivity contribution is -0.0643. The van der Waals surface area contributed by atoms with Gasteiger partial charge in [0.2, 0.25) is 0 Å². The van der Waals surface area contributed by atoms with Crippen molar-refractivity contribution >= 4 is 0 Å². The average molecular weight is 236 g/mol. The van der Waals surface area contributed by atoms with Crippen LogP contribution in [0.15, 0.2) is 23.0 Å². The van der Waals surface area contributed by atoms with Gasteiger partial charge in [0.15, 0.2) is 0 Å². The van der Waals surface area contributed by atoms with E-state index in [1.54, 1.807) is 12.5 Å². The van der Waals surface area contributed by atoms with Crippen LogP contribution in [0.2, 0.25) is 0 Å². The monoisotopic (exact) mass is 236 g/mol. The molecule has 3 rings (SSSR count). The second kappa shape index (κ2) is 4.80. The van der Waals surface area contributed by atoms with Crippen LogP contribution in [0, 0.1) is 0 Å². The van der Waals surface area contributed by atoms with E-state index >= 15 is 0 Å². The Bertz CT molecular complexity index is 352. The SMILES string of the molecule is CNC(c1ccoc1)C1CN2CCCC2CO1. The lowest BCUT2D eigenvalue weighted by Crippen LogP contribution is -2.50. The minimum atomic E-state index is 0.229. The summed E-state index contributed by atoms with van der Waals surface area (Å²) in [6, 6.07) is 2.91. The van der Waals surface area contributed by atoms with E-state index < -0.39 is 0 Å². The molecule has 0 saturated carbocycles. The molecule has 3 heterocycles. The van der Waals surface area contributed by atoms with Crippen molar-refractivity contribution < 1.29 is 9.15 Å². The smallest absolute Gasteiger partial charge is 0.0951 e. The van der Waals surface area contributed by atoms with Crippen molar-refractivity contribution in [2.45, 2.75) is 31.0 Å². The standard InChI is InChI=1S/C13H20N2O2/c1-14-13(10-4-6-16-8-10)12-7-15-5-2-3-11(15)9-17-12/h4,6,8,11-14H,2-3,5,7,9H2,1H3. The molecule has 0 amide bonds. The number of rotatable bonds is 3. The van der Waals surface area contributed by atoms with E-state index in [0.717, 1.165) is 13.2 Å². The molecule has 4 nitrogen and oxygen atoms in total. The number of morpholine rings is 1. The normalized spacial score (nSPS) is 31.4. The van der Waals surface area contributed by atoms with Gasteiger partial charge in [0, 0.05) is 18.2 Å². The molecule has 17 heavy (non-hydrogen) atoms. The van der Waals surface area contributed by atoms with E-state index in [0.29, 0.717) is 6.04 Å². The largest absolute Gasteiger partial charge is 0.472 e. The van der Waals surface area contributed by atoms with E-state index in [-0.39, 0.29) is 12.1 Å². The van der Waals surface area contributed by atoms with Crippen LogP contribution in [0.5, 0.6) is 0 Å². The summed E-state index contributed by atoms with van der Waals surface area (Å²) in [5.41, 5.74) is 1.18. The molecule has 94 valence electrons. The Labute approximate surface area is 102 Å². The molecule has 0 aliphatic carbocycles. The molecule has 0 bridgehead atoms. The summed E-state index contributed by atoms with van der Waals surface area (Å²) >= 11 is 0. The molecule has 1 aromatic rings. The van der Waals surface area contributed by atoms with E-state index in [2.05, 4.69) is 10.2 Å². The number of ether oxygens (including phenoxy) is 1.